The van der Waals surface area contributed by atoms with E-state index < -0.39 is 0 Å². The summed E-state index contributed by atoms with van der Waals surface area (Å²) in [5.41, 5.74) is 2.71. The van der Waals surface area contributed by atoms with Gasteiger partial charge in [-0.1, -0.05) is 5.16 Å². The second-order valence-electron chi connectivity index (χ2n) is 5.17. The molecule has 2 atom stereocenters. The van der Waals surface area contributed by atoms with Gasteiger partial charge in [0.2, 0.25) is 0 Å². The highest BCUT2D eigenvalue weighted by atomic mass is 16.6. The quantitative estimate of drug-likeness (QED) is 0.893. The minimum Gasteiger partial charge on any atom is -0.371 e. The second-order valence-corrected chi connectivity index (χ2v) is 5.17. The van der Waals surface area contributed by atoms with E-state index in [0.29, 0.717) is 12.3 Å². The molecule has 0 aliphatic carbocycles. The molecule has 0 saturated carbocycles. The number of aromatic nitrogens is 4. The minimum atomic E-state index is -0.296. The number of aryl methyl sites for hydroxylation is 2. The number of ether oxygens (including phenoxy) is 1. The maximum absolute atomic E-state index is 12.2. The molecule has 2 aromatic rings. The highest BCUT2D eigenvalue weighted by molar-refractivity contribution is 5.93. The van der Waals surface area contributed by atoms with Crippen molar-refractivity contribution in [1.29, 1.82) is 0 Å². The Morgan fingerprint density at radius 3 is 2.86 bits per heavy atom. The van der Waals surface area contributed by atoms with Crippen LogP contribution in [-0.4, -0.2) is 38.6 Å². The third-order valence-corrected chi connectivity index (χ3v) is 3.86. The van der Waals surface area contributed by atoms with Crippen LogP contribution in [0.1, 0.15) is 40.0 Å². The molecule has 1 aliphatic heterocycles. The van der Waals surface area contributed by atoms with Gasteiger partial charge in [0.25, 0.3) is 5.91 Å². The SMILES string of the molecule is Cc1nonc1C(=O)N[C@H]1CCO[C@@H]1c1cnn(C)c1C. The van der Waals surface area contributed by atoms with Crippen molar-refractivity contribution >= 4 is 5.91 Å². The van der Waals surface area contributed by atoms with E-state index in [-0.39, 0.29) is 23.7 Å². The van der Waals surface area contributed by atoms with E-state index >= 15 is 0 Å². The molecule has 3 heterocycles. The summed E-state index contributed by atoms with van der Waals surface area (Å²) in [5, 5.41) is 14.4. The first-order valence-electron chi connectivity index (χ1n) is 6.78. The maximum Gasteiger partial charge on any atom is 0.275 e. The van der Waals surface area contributed by atoms with Crippen molar-refractivity contribution in [2.24, 2.45) is 7.05 Å². The van der Waals surface area contributed by atoms with E-state index in [0.717, 1.165) is 17.7 Å². The summed E-state index contributed by atoms with van der Waals surface area (Å²) >= 11 is 0. The molecule has 0 bridgehead atoms. The van der Waals surface area contributed by atoms with Crippen molar-refractivity contribution < 1.29 is 14.2 Å². The van der Waals surface area contributed by atoms with Crippen molar-refractivity contribution in [2.75, 3.05) is 6.61 Å². The van der Waals surface area contributed by atoms with Crippen LogP contribution in [0, 0.1) is 13.8 Å². The van der Waals surface area contributed by atoms with Gasteiger partial charge in [-0.3, -0.25) is 9.48 Å². The Kier molecular flexibility index (Phi) is 3.46. The van der Waals surface area contributed by atoms with Crippen molar-refractivity contribution in [2.45, 2.75) is 32.4 Å². The van der Waals surface area contributed by atoms with Crippen LogP contribution in [-0.2, 0) is 11.8 Å². The molecule has 1 amide bonds. The Morgan fingerprint density at radius 1 is 1.43 bits per heavy atom. The summed E-state index contributed by atoms with van der Waals surface area (Å²) in [6, 6.07) is -0.114. The second kappa shape index (κ2) is 5.28. The van der Waals surface area contributed by atoms with Crippen molar-refractivity contribution in [3.05, 3.63) is 28.8 Å². The first-order valence-corrected chi connectivity index (χ1v) is 6.78. The highest BCUT2D eigenvalue weighted by Gasteiger charge is 2.34. The van der Waals surface area contributed by atoms with Gasteiger partial charge in [0.1, 0.15) is 11.8 Å². The molecule has 1 aliphatic rings. The Bertz CT molecular complexity index is 663. The molecule has 112 valence electrons. The number of nitrogens with one attached hydrogen (secondary N) is 1. The smallest absolute Gasteiger partial charge is 0.275 e. The molecule has 8 nitrogen and oxygen atoms in total. The highest BCUT2D eigenvalue weighted by Crippen LogP contribution is 2.31. The van der Waals surface area contributed by atoms with Gasteiger partial charge < -0.3 is 10.1 Å². The zero-order chi connectivity index (χ0) is 15.0. The molecule has 0 unspecified atom stereocenters. The van der Waals surface area contributed by atoms with Crippen LogP contribution in [0.5, 0.6) is 0 Å². The Hall–Kier alpha value is -2.22. The lowest BCUT2D eigenvalue weighted by atomic mass is 10.0. The number of hydrogen-bond acceptors (Lipinski definition) is 6. The maximum atomic E-state index is 12.2. The van der Waals surface area contributed by atoms with Crippen molar-refractivity contribution in [1.82, 2.24) is 25.4 Å². The summed E-state index contributed by atoms with van der Waals surface area (Å²) in [6.45, 7) is 4.26. The number of rotatable bonds is 3. The third kappa shape index (κ3) is 2.42. The lowest BCUT2D eigenvalue weighted by Crippen LogP contribution is -2.37. The summed E-state index contributed by atoms with van der Waals surface area (Å²) in [4.78, 5) is 12.2. The fourth-order valence-electron chi connectivity index (χ4n) is 2.51. The molecule has 3 rings (SSSR count). The van der Waals surface area contributed by atoms with E-state index in [9.17, 15) is 4.79 Å². The lowest BCUT2D eigenvalue weighted by Gasteiger charge is -2.19. The molecule has 0 radical (unpaired) electrons. The Balaban J connectivity index is 1.77. The van der Waals surface area contributed by atoms with Crippen LogP contribution in [0.25, 0.3) is 0 Å². The monoisotopic (exact) mass is 291 g/mol. The molecule has 0 aromatic carbocycles. The standard InChI is InChI=1S/C13H17N5O3/c1-7-11(17-21-16-7)13(19)15-10-4-5-20-12(10)9-6-14-18(3)8(9)2/h6,10,12H,4-5H2,1-3H3,(H,15,19)/t10-,12+/m0/s1. The predicted octanol–water partition coefficient (Wildman–Crippen LogP) is 0.680. The van der Waals surface area contributed by atoms with Gasteiger partial charge in [-0.05, 0) is 25.4 Å². The zero-order valence-electron chi connectivity index (χ0n) is 12.2. The largest absolute Gasteiger partial charge is 0.371 e. The average molecular weight is 291 g/mol. The van der Waals surface area contributed by atoms with E-state index in [1.807, 2.05) is 14.0 Å². The van der Waals surface area contributed by atoms with Crippen molar-refractivity contribution in [3.63, 3.8) is 0 Å². The lowest BCUT2D eigenvalue weighted by molar-refractivity contribution is 0.0812. The molecule has 1 fully saturated rings. The van der Waals surface area contributed by atoms with Crippen LogP contribution in [0.15, 0.2) is 10.8 Å². The summed E-state index contributed by atoms with van der Waals surface area (Å²) in [5.74, 6) is -0.296. The van der Waals surface area contributed by atoms with Crippen LogP contribution in [0.4, 0.5) is 0 Å². The summed E-state index contributed by atoms with van der Waals surface area (Å²) < 4.78 is 12.1. The van der Waals surface area contributed by atoms with Crippen molar-refractivity contribution in [3.8, 4) is 0 Å². The van der Waals surface area contributed by atoms with Gasteiger partial charge >= 0.3 is 0 Å². The predicted molar refractivity (Wildman–Crippen MR) is 71.5 cm³/mol. The Labute approximate surface area is 121 Å². The Morgan fingerprint density at radius 2 is 2.24 bits per heavy atom. The van der Waals surface area contributed by atoms with Crippen LogP contribution in [0.2, 0.25) is 0 Å². The van der Waals surface area contributed by atoms with E-state index in [1.54, 1.807) is 17.8 Å². The topological polar surface area (TPSA) is 95.1 Å². The first-order chi connectivity index (χ1) is 10.1. The fraction of sp³-hybridized carbons (Fsp3) is 0.538. The zero-order valence-corrected chi connectivity index (χ0v) is 12.2. The first kappa shape index (κ1) is 13.7. The molecule has 1 N–H and O–H groups in total. The van der Waals surface area contributed by atoms with Gasteiger partial charge in [0.15, 0.2) is 5.69 Å². The van der Waals surface area contributed by atoms with Crippen LogP contribution in [0.3, 0.4) is 0 Å². The fourth-order valence-corrected chi connectivity index (χ4v) is 2.51. The molecule has 2 aromatic heterocycles. The molecular weight excluding hydrogens is 274 g/mol. The molecule has 0 spiro atoms. The van der Waals surface area contributed by atoms with Gasteiger partial charge in [0, 0.05) is 24.9 Å². The van der Waals surface area contributed by atoms with Gasteiger partial charge in [-0.2, -0.15) is 5.10 Å². The van der Waals surface area contributed by atoms with Crippen LogP contribution < -0.4 is 5.32 Å². The third-order valence-electron chi connectivity index (χ3n) is 3.86. The van der Waals surface area contributed by atoms with Gasteiger partial charge in [0.05, 0.1) is 12.2 Å². The molecule has 1 saturated heterocycles. The van der Waals surface area contributed by atoms with Gasteiger partial charge in [-0.15, -0.1) is 0 Å². The minimum absolute atomic E-state index is 0.114. The van der Waals surface area contributed by atoms with E-state index in [4.69, 9.17) is 4.74 Å². The summed E-state index contributed by atoms with van der Waals surface area (Å²) in [7, 11) is 1.88. The van der Waals surface area contributed by atoms with E-state index in [2.05, 4.69) is 25.4 Å². The normalized spacial score (nSPS) is 21.7. The summed E-state index contributed by atoms with van der Waals surface area (Å²) in [6.07, 6.45) is 2.34. The van der Waals surface area contributed by atoms with Gasteiger partial charge in [-0.25, -0.2) is 4.63 Å². The number of amides is 1. The molecule has 21 heavy (non-hydrogen) atoms. The average Bonchev–Trinajstić information content (AvgIpc) is 3.14. The number of hydrogen-bond donors (Lipinski definition) is 1. The number of carbonyl (C=O) groups is 1. The number of nitrogens with zero attached hydrogens (tertiary/aromatic N) is 4. The molecular formula is C13H17N5O3. The van der Waals surface area contributed by atoms with Crippen LogP contribution >= 0.6 is 0 Å². The molecule has 8 heteroatoms. The number of carbonyl (C=O) groups excluding carboxylic acids is 1. The van der Waals surface area contributed by atoms with E-state index in [1.165, 1.54) is 0 Å².